The number of hydrogen-bond donors (Lipinski definition) is 0. The minimum Gasteiger partial charge on any atom is -0.409 e. The minimum absolute atomic E-state index is 0.380. The van der Waals surface area contributed by atoms with Gasteiger partial charge in [-0.05, 0) is 40.5 Å². The molecule has 0 unspecified atom stereocenters. The highest BCUT2D eigenvalue weighted by Gasteiger charge is 2.09. The zero-order chi connectivity index (χ0) is 10.7. The predicted molar refractivity (Wildman–Crippen MR) is 58.6 cm³/mol. The number of ether oxygens (including phenoxy) is 1. The highest BCUT2D eigenvalue weighted by molar-refractivity contribution is 9.10. The maximum Gasteiger partial charge on any atom is 0.414 e. The molecule has 0 N–H and O–H groups in total. The number of amides is 1. The first-order chi connectivity index (χ1) is 6.50. The summed E-state index contributed by atoms with van der Waals surface area (Å²) in [6, 6.07) is 5.56. The summed E-state index contributed by atoms with van der Waals surface area (Å²) in [6.07, 6.45) is -0.380. The minimum atomic E-state index is -0.380. The molecule has 0 aliphatic carbocycles. The van der Waals surface area contributed by atoms with Gasteiger partial charge in [-0.15, -0.1) is 0 Å². The fraction of sp³-hybridized carbons (Fsp3) is 0.300. The van der Waals surface area contributed by atoms with Gasteiger partial charge in [0.05, 0.1) is 4.47 Å². The zero-order valence-electron chi connectivity index (χ0n) is 8.37. The molecule has 0 saturated carbocycles. The number of benzene rings is 1. The van der Waals surface area contributed by atoms with Crippen molar-refractivity contribution in [1.29, 1.82) is 0 Å². The van der Waals surface area contributed by atoms with E-state index >= 15 is 0 Å². The number of aryl methyl sites for hydroxylation is 1. The Balaban J connectivity index is 2.82. The van der Waals surface area contributed by atoms with E-state index in [0.717, 1.165) is 10.0 Å². The smallest absolute Gasteiger partial charge is 0.409 e. The van der Waals surface area contributed by atoms with Gasteiger partial charge < -0.3 is 9.64 Å². The van der Waals surface area contributed by atoms with Crippen molar-refractivity contribution in [1.82, 2.24) is 4.90 Å². The van der Waals surface area contributed by atoms with Gasteiger partial charge in [-0.1, -0.05) is 6.07 Å². The lowest BCUT2D eigenvalue weighted by Crippen LogP contribution is -2.25. The summed E-state index contributed by atoms with van der Waals surface area (Å²) in [5.41, 5.74) is 1.11. The van der Waals surface area contributed by atoms with E-state index in [9.17, 15) is 4.79 Å². The Bertz CT molecular complexity index is 350. The molecular weight excluding hydrogens is 246 g/mol. The van der Waals surface area contributed by atoms with Crippen LogP contribution in [0.1, 0.15) is 5.56 Å². The Labute approximate surface area is 91.8 Å². The molecule has 3 nitrogen and oxygen atoms in total. The highest BCUT2D eigenvalue weighted by atomic mass is 79.9. The standard InChI is InChI=1S/C10H12BrNO2/c1-7-4-5-9(8(11)6-7)14-10(13)12(2)3/h4-6H,1-3H3. The largest absolute Gasteiger partial charge is 0.414 e. The highest BCUT2D eigenvalue weighted by Crippen LogP contribution is 2.25. The summed E-state index contributed by atoms with van der Waals surface area (Å²) < 4.78 is 5.89. The average molecular weight is 258 g/mol. The first-order valence-corrected chi connectivity index (χ1v) is 4.95. The third-order valence-electron chi connectivity index (χ3n) is 1.65. The van der Waals surface area contributed by atoms with E-state index in [1.54, 1.807) is 20.2 Å². The van der Waals surface area contributed by atoms with Crippen LogP contribution in [0.4, 0.5) is 4.79 Å². The van der Waals surface area contributed by atoms with Gasteiger partial charge in [0.25, 0.3) is 0 Å². The maximum absolute atomic E-state index is 11.2. The van der Waals surface area contributed by atoms with Gasteiger partial charge in [0.1, 0.15) is 5.75 Å². The van der Waals surface area contributed by atoms with Crippen molar-refractivity contribution in [3.63, 3.8) is 0 Å². The quantitative estimate of drug-likeness (QED) is 0.775. The molecular formula is C10H12BrNO2. The first kappa shape index (κ1) is 11.0. The lowest BCUT2D eigenvalue weighted by atomic mass is 10.2. The number of carbonyl (C=O) groups is 1. The molecule has 0 heterocycles. The van der Waals surface area contributed by atoms with Crippen LogP contribution in [0.5, 0.6) is 5.75 Å². The molecule has 1 amide bonds. The molecule has 0 atom stereocenters. The van der Waals surface area contributed by atoms with Crippen molar-refractivity contribution in [2.45, 2.75) is 6.92 Å². The molecule has 14 heavy (non-hydrogen) atoms. The second kappa shape index (κ2) is 4.46. The summed E-state index contributed by atoms with van der Waals surface area (Å²) in [6.45, 7) is 1.97. The Morgan fingerprint density at radius 3 is 2.57 bits per heavy atom. The molecule has 0 aliphatic rings. The van der Waals surface area contributed by atoms with E-state index < -0.39 is 0 Å². The predicted octanol–water partition coefficient (Wildman–Crippen LogP) is 2.82. The van der Waals surface area contributed by atoms with E-state index in [1.165, 1.54) is 4.90 Å². The molecule has 0 bridgehead atoms. The Morgan fingerprint density at radius 1 is 1.43 bits per heavy atom. The van der Waals surface area contributed by atoms with Crippen LogP contribution >= 0.6 is 15.9 Å². The van der Waals surface area contributed by atoms with Crippen molar-refractivity contribution in [3.05, 3.63) is 28.2 Å². The molecule has 1 aromatic carbocycles. The van der Waals surface area contributed by atoms with Gasteiger partial charge in [0.15, 0.2) is 0 Å². The number of rotatable bonds is 1. The van der Waals surface area contributed by atoms with Crippen LogP contribution in [0.3, 0.4) is 0 Å². The fourth-order valence-corrected chi connectivity index (χ4v) is 1.45. The van der Waals surface area contributed by atoms with Crippen LogP contribution in [0.25, 0.3) is 0 Å². The molecule has 0 aliphatic heterocycles. The van der Waals surface area contributed by atoms with E-state index in [-0.39, 0.29) is 6.09 Å². The third kappa shape index (κ3) is 2.73. The molecule has 1 rings (SSSR count). The van der Waals surface area contributed by atoms with Crippen molar-refractivity contribution in [3.8, 4) is 5.75 Å². The van der Waals surface area contributed by atoms with E-state index in [2.05, 4.69) is 15.9 Å². The van der Waals surface area contributed by atoms with Crippen molar-refractivity contribution in [2.75, 3.05) is 14.1 Å². The lowest BCUT2D eigenvalue weighted by molar-refractivity contribution is 0.171. The third-order valence-corrected chi connectivity index (χ3v) is 2.27. The van der Waals surface area contributed by atoms with Gasteiger partial charge in [-0.3, -0.25) is 0 Å². The summed E-state index contributed by atoms with van der Waals surface area (Å²) in [5, 5.41) is 0. The number of hydrogen-bond acceptors (Lipinski definition) is 2. The summed E-state index contributed by atoms with van der Waals surface area (Å²) in [7, 11) is 3.29. The van der Waals surface area contributed by atoms with Gasteiger partial charge in [0.2, 0.25) is 0 Å². The molecule has 76 valence electrons. The normalized spacial score (nSPS) is 9.71. The van der Waals surface area contributed by atoms with Crippen molar-refractivity contribution in [2.24, 2.45) is 0 Å². The fourth-order valence-electron chi connectivity index (χ4n) is 0.874. The van der Waals surface area contributed by atoms with Gasteiger partial charge in [-0.2, -0.15) is 0 Å². The Morgan fingerprint density at radius 2 is 2.07 bits per heavy atom. The van der Waals surface area contributed by atoms with Crippen LogP contribution in [0.15, 0.2) is 22.7 Å². The summed E-state index contributed by atoms with van der Waals surface area (Å²) in [4.78, 5) is 12.6. The first-order valence-electron chi connectivity index (χ1n) is 4.16. The van der Waals surface area contributed by atoms with Gasteiger partial charge >= 0.3 is 6.09 Å². The van der Waals surface area contributed by atoms with E-state index in [1.807, 2.05) is 19.1 Å². The monoisotopic (exact) mass is 257 g/mol. The molecule has 0 aromatic heterocycles. The van der Waals surface area contributed by atoms with Crippen LogP contribution in [-0.4, -0.2) is 25.1 Å². The summed E-state index contributed by atoms with van der Waals surface area (Å²) >= 11 is 3.33. The Kier molecular flexibility index (Phi) is 3.52. The maximum atomic E-state index is 11.2. The number of nitrogens with zero attached hydrogens (tertiary/aromatic N) is 1. The van der Waals surface area contributed by atoms with Crippen LogP contribution in [-0.2, 0) is 0 Å². The number of halogens is 1. The molecule has 0 radical (unpaired) electrons. The summed E-state index contributed by atoms with van der Waals surface area (Å²) in [5.74, 6) is 0.536. The lowest BCUT2D eigenvalue weighted by Gasteiger charge is -2.11. The zero-order valence-corrected chi connectivity index (χ0v) is 9.96. The van der Waals surface area contributed by atoms with Crippen molar-refractivity contribution >= 4 is 22.0 Å². The average Bonchev–Trinajstić information content (AvgIpc) is 2.09. The number of carbonyl (C=O) groups excluding carboxylic acids is 1. The van der Waals surface area contributed by atoms with E-state index in [0.29, 0.717) is 5.75 Å². The van der Waals surface area contributed by atoms with Crippen molar-refractivity contribution < 1.29 is 9.53 Å². The van der Waals surface area contributed by atoms with E-state index in [4.69, 9.17) is 4.74 Å². The molecule has 4 heteroatoms. The SMILES string of the molecule is Cc1ccc(OC(=O)N(C)C)c(Br)c1. The van der Waals surface area contributed by atoms with Gasteiger partial charge in [0, 0.05) is 14.1 Å². The topological polar surface area (TPSA) is 29.5 Å². The Hall–Kier alpha value is -1.03. The van der Waals surface area contributed by atoms with Crippen LogP contribution in [0.2, 0.25) is 0 Å². The second-order valence-corrected chi connectivity index (χ2v) is 4.05. The molecule has 1 aromatic rings. The molecule has 0 fully saturated rings. The van der Waals surface area contributed by atoms with Gasteiger partial charge in [-0.25, -0.2) is 4.79 Å². The second-order valence-electron chi connectivity index (χ2n) is 3.20. The molecule has 0 saturated heterocycles. The van der Waals surface area contributed by atoms with Crippen LogP contribution < -0.4 is 4.74 Å². The van der Waals surface area contributed by atoms with Crippen LogP contribution in [0, 0.1) is 6.92 Å². The molecule has 0 spiro atoms.